The maximum absolute atomic E-state index is 13.4. The number of para-hydroxylation sites is 2. The Bertz CT molecular complexity index is 1860. The van der Waals surface area contributed by atoms with Gasteiger partial charge < -0.3 is 4.74 Å². The van der Waals surface area contributed by atoms with Gasteiger partial charge in [-0.15, -0.1) is 0 Å². The SMILES string of the molecule is O=C(/C=C/c1cccc([N+](=O)[O-])c1)Oc1ccccc1C=Nn1c(-c2ccc(Cl)cc2)nc2ccccc2c1=O. The fourth-order valence-electron chi connectivity index (χ4n) is 3.87. The molecule has 0 spiro atoms. The van der Waals surface area contributed by atoms with E-state index in [0.717, 1.165) is 0 Å². The molecule has 0 amide bonds. The summed E-state index contributed by atoms with van der Waals surface area (Å²) in [5.41, 5.74) is 1.60. The smallest absolute Gasteiger partial charge is 0.336 e. The number of halogens is 1. The van der Waals surface area contributed by atoms with Crippen LogP contribution in [0.3, 0.4) is 0 Å². The number of aromatic nitrogens is 2. The zero-order chi connectivity index (χ0) is 28.1. The lowest BCUT2D eigenvalue weighted by atomic mass is 10.2. The fraction of sp³-hybridized carbons (Fsp3) is 0. The van der Waals surface area contributed by atoms with E-state index >= 15 is 0 Å². The Morgan fingerprint density at radius 1 is 0.975 bits per heavy atom. The number of nitro groups is 1. The van der Waals surface area contributed by atoms with Gasteiger partial charge in [0.25, 0.3) is 11.2 Å². The summed E-state index contributed by atoms with van der Waals surface area (Å²) in [6, 6.07) is 26.4. The summed E-state index contributed by atoms with van der Waals surface area (Å²) in [5, 5.41) is 16.3. The second kappa shape index (κ2) is 11.5. The normalized spacial score (nSPS) is 11.3. The first-order valence-corrected chi connectivity index (χ1v) is 12.3. The average Bonchev–Trinajstić information content (AvgIpc) is 2.97. The van der Waals surface area contributed by atoms with Gasteiger partial charge in [-0.1, -0.05) is 48.0 Å². The average molecular weight is 551 g/mol. The van der Waals surface area contributed by atoms with Gasteiger partial charge in [0.2, 0.25) is 0 Å². The molecule has 4 aromatic carbocycles. The number of hydrogen-bond donors (Lipinski definition) is 0. The van der Waals surface area contributed by atoms with Crippen molar-refractivity contribution in [1.29, 1.82) is 0 Å². The molecule has 0 unspecified atom stereocenters. The summed E-state index contributed by atoms with van der Waals surface area (Å²) < 4.78 is 6.68. The fourth-order valence-corrected chi connectivity index (χ4v) is 3.99. The number of carbonyl (C=O) groups excluding carboxylic acids is 1. The molecule has 0 saturated carbocycles. The zero-order valence-electron chi connectivity index (χ0n) is 20.7. The standard InChI is InChI=1S/C30H19ClN4O5/c31-23-15-13-21(14-16-23)29-33-26-10-3-2-9-25(26)30(37)34(29)32-19-22-7-1-4-11-27(22)40-28(36)17-12-20-6-5-8-24(18-20)35(38)39/h1-19H/b17-12+,32-19?. The van der Waals surface area contributed by atoms with Crippen LogP contribution in [0.15, 0.2) is 113 Å². The molecule has 0 radical (unpaired) electrons. The summed E-state index contributed by atoms with van der Waals surface area (Å²) in [4.78, 5) is 41.1. The quantitative estimate of drug-likeness (QED) is 0.0601. The van der Waals surface area contributed by atoms with Crippen LogP contribution in [0.2, 0.25) is 5.02 Å². The van der Waals surface area contributed by atoms with E-state index in [9.17, 15) is 19.7 Å². The van der Waals surface area contributed by atoms with Crippen LogP contribution < -0.4 is 10.3 Å². The first-order chi connectivity index (χ1) is 19.4. The van der Waals surface area contributed by atoms with Gasteiger partial charge in [-0.2, -0.15) is 9.78 Å². The molecule has 10 heteroatoms. The van der Waals surface area contributed by atoms with E-state index in [4.69, 9.17) is 16.3 Å². The minimum absolute atomic E-state index is 0.0894. The van der Waals surface area contributed by atoms with Crippen LogP contribution in [0.5, 0.6) is 5.75 Å². The molecule has 40 heavy (non-hydrogen) atoms. The molecular weight excluding hydrogens is 532 g/mol. The van der Waals surface area contributed by atoms with Crippen molar-refractivity contribution in [2.45, 2.75) is 0 Å². The monoisotopic (exact) mass is 550 g/mol. The van der Waals surface area contributed by atoms with Crippen molar-refractivity contribution in [2.75, 3.05) is 0 Å². The summed E-state index contributed by atoms with van der Waals surface area (Å²) in [6.07, 6.45) is 4.00. The van der Waals surface area contributed by atoms with Crippen molar-refractivity contribution in [2.24, 2.45) is 5.10 Å². The number of nitrogens with zero attached hydrogens (tertiary/aromatic N) is 4. The Morgan fingerprint density at radius 2 is 1.73 bits per heavy atom. The third-order valence-electron chi connectivity index (χ3n) is 5.79. The maximum atomic E-state index is 13.4. The van der Waals surface area contributed by atoms with Gasteiger partial charge in [-0.25, -0.2) is 9.78 Å². The van der Waals surface area contributed by atoms with E-state index in [-0.39, 0.29) is 17.0 Å². The molecule has 0 fully saturated rings. The Hall–Kier alpha value is -5.41. The minimum atomic E-state index is -0.696. The molecule has 0 saturated heterocycles. The van der Waals surface area contributed by atoms with E-state index in [1.54, 1.807) is 78.9 Å². The lowest BCUT2D eigenvalue weighted by Crippen LogP contribution is -2.20. The maximum Gasteiger partial charge on any atom is 0.336 e. The van der Waals surface area contributed by atoms with Crippen LogP contribution in [-0.4, -0.2) is 26.8 Å². The van der Waals surface area contributed by atoms with Gasteiger partial charge in [0, 0.05) is 34.4 Å². The summed E-state index contributed by atoms with van der Waals surface area (Å²) in [6.45, 7) is 0. The Balaban J connectivity index is 1.46. The number of ether oxygens (including phenoxy) is 1. The molecule has 1 aromatic heterocycles. The number of fused-ring (bicyclic) bond motifs is 1. The number of rotatable bonds is 7. The van der Waals surface area contributed by atoms with Crippen LogP contribution in [0.25, 0.3) is 28.4 Å². The third-order valence-corrected chi connectivity index (χ3v) is 6.04. The lowest BCUT2D eigenvalue weighted by Gasteiger charge is -2.10. The molecule has 0 bridgehead atoms. The molecule has 5 rings (SSSR count). The first kappa shape index (κ1) is 26.2. The van der Waals surface area contributed by atoms with Crippen molar-refractivity contribution in [3.8, 4) is 17.1 Å². The van der Waals surface area contributed by atoms with Gasteiger partial charge in [0.1, 0.15) is 5.75 Å². The Morgan fingerprint density at radius 3 is 2.52 bits per heavy atom. The molecule has 0 aliphatic carbocycles. The highest BCUT2D eigenvalue weighted by atomic mass is 35.5. The number of esters is 1. The molecule has 0 N–H and O–H groups in total. The zero-order valence-corrected chi connectivity index (χ0v) is 21.4. The predicted octanol–water partition coefficient (Wildman–Crippen LogP) is 6.13. The largest absolute Gasteiger partial charge is 0.423 e. The number of benzene rings is 4. The molecule has 5 aromatic rings. The summed E-state index contributed by atoms with van der Waals surface area (Å²) in [5.74, 6) is -0.181. The van der Waals surface area contributed by atoms with Gasteiger partial charge >= 0.3 is 5.97 Å². The summed E-state index contributed by atoms with van der Waals surface area (Å²) >= 11 is 6.05. The van der Waals surface area contributed by atoms with Crippen molar-refractivity contribution in [3.05, 3.63) is 140 Å². The highest BCUT2D eigenvalue weighted by Gasteiger charge is 2.13. The topological polar surface area (TPSA) is 117 Å². The molecule has 0 aliphatic rings. The summed E-state index contributed by atoms with van der Waals surface area (Å²) in [7, 11) is 0. The van der Waals surface area contributed by atoms with Crippen LogP contribution in [-0.2, 0) is 4.79 Å². The van der Waals surface area contributed by atoms with Crippen LogP contribution >= 0.6 is 11.6 Å². The van der Waals surface area contributed by atoms with Crippen molar-refractivity contribution >= 4 is 46.5 Å². The van der Waals surface area contributed by atoms with Crippen molar-refractivity contribution in [1.82, 2.24) is 9.66 Å². The second-order valence-corrected chi connectivity index (χ2v) is 8.90. The predicted molar refractivity (Wildman–Crippen MR) is 154 cm³/mol. The van der Waals surface area contributed by atoms with Gasteiger partial charge in [-0.3, -0.25) is 14.9 Å². The Kier molecular flexibility index (Phi) is 7.56. The molecule has 0 atom stereocenters. The van der Waals surface area contributed by atoms with E-state index in [0.29, 0.717) is 38.4 Å². The van der Waals surface area contributed by atoms with Crippen molar-refractivity contribution in [3.63, 3.8) is 0 Å². The number of carbonyl (C=O) groups is 1. The second-order valence-electron chi connectivity index (χ2n) is 8.47. The number of nitro benzene ring substituents is 1. The minimum Gasteiger partial charge on any atom is -0.423 e. The van der Waals surface area contributed by atoms with Crippen LogP contribution in [0.1, 0.15) is 11.1 Å². The van der Waals surface area contributed by atoms with Gasteiger partial charge in [-0.05, 0) is 60.2 Å². The molecule has 1 heterocycles. The molecule has 196 valence electrons. The molecule has 9 nitrogen and oxygen atoms in total. The van der Waals surface area contributed by atoms with Crippen LogP contribution in [0, 0.1) is 10.1 Å². The van der Waals surface area contributed by atoms with Gasteiger partial charge in [0.15, 0.2) is 5.82 Å². The van der Waals surface area contributed by atoms with E-state index < -0.39 is 10.9 Å². The van der Waals surface area contributed by atoms with E-state index in [2.05, 4.69) is 10.1 Å². The van der Waals surface area contributed by atoms with E-state index in [1.807, 2.05) is 0 Å². The third kappa shape index (κ3) is 5.85. The van der Waals surface area contributed by atoms with Gasteiger partial charge in [0.05, 0.1) is 22.0 Å². The number of non-ortho nitro benzene ring substituents is 1. The Labute approximate surface area is 232 Å². The molecule has 0 aliphatic heterocycles. The van der Waals surface area contributed by atoms with E-state index in [1.165, 1.54) is 41.2 Å². The molecular formula is C30H19ClN4O5. The first-order valence-electron chi connectivity index (χ1n) is 11.9. The number of hydrogen-bond acceptors (Lipinski definition) is 7. The lowest BCUT2D eigenvalue weighted by molar-refractivity contribution is -0.384. The highest BCUT2D eigenvalue weighted by Crippen LogP contribution is 2.22. The van der Waals surface area contributed by atoms with Crippen LogP contribution in [0.4, 0.5) is 5.69 Å². The van der Waals surface area contributed by atoms with Crippen molar-refractivity contribution < 1.29 is 14.5 Å². The highest BCUT2D eigenvalue weighted by molar-refractivity contribution is 6.30.